The minimum absolute atomic E-state index is 0.163. The number of hydrogen-bond donors (Lipinski definition) is 0. The van der Waals surface area contributed by atoms with Gasteiger partial charge in [-0.3, -0.25) is 9.59 Å². The Bertz CT molecular complexity index is 1000. The Balaban J connectivity index is 1.65. The number of hydrogen-bond acceptors (Lipinski definition) is 6. The van der Waals surface area contributed by atoms with Crippen molar-refractivity contribution >= 4 is 11.9 Å². The van der Waals surface area contributed by atoms with Crippen molar-refractivity contribution in [3.8, 4) is 11.4 Å². The van der Waals surface area contributed by atoms with Crippen LogP contribution in [0.4, 0.5) is 17.6 Å². The highest BCUT2D eigenvalue weighted by Gasteiger charge is 2.66. The number of carbonyl (C=O) groups excluding carboxylic acids is 2. The standard InChI is InChI=1S/C19H17F4N3O4/c1-29-16(28)17(5-6-17)15(27)26-8-7-18(10-26,19(21,22)23)14-24-13(25-30-14)11-3-2-4-12(20)9-11/h2-4,9H,5-8,10H2,1H3. The molecular formula is C19H17F4N3O4. The highest BCUT2D eigenvalue weighted by atomic mass is 19.4. The third kappa shape index (κ3) is 3.03. The number of esters is 1. The van der Waals surface area contributed by atoms with Gasteiger partial charge in [0.25, 0.3) is 0 Å². The summed E-state index contributed by atoms with van der Waals surface area (Å²) in [6.07, 6.45) is -4.82. The number of aromatic nitrogens is 2. The van der Waals surface area contributed by atoms with Gasteiger partial charge in [-0.05, 0) is 31.4 Å². The van der Waals surface area contributed by atoms with Crippen molar-refractivity contribution in [3.05, 3.63) is 36.0 Å². The first-order valence-electron chi connectivity index (χ1n) is 9.18. The number of halogens is 4. The molecule has 160 valence electrons. The van der Waals surface area contributed by atoms with Crippen LogP contribution in [0.15, 0.2) is 28.8 Å². The summed E-state index contributed by atoms with van der Waals surface area (Å²) in [5.74, 6) is -2.92. The Labute approximate surface area is 168 Å². The molecule has 2 aliphatic rings. The highest BCUT2D eigenvalue weighted by molar-refractivity contribution is 6.05. The fourth-order valence-corrected chi connectivity index (χ4v) is 3.80. The van der Waals surface area contributed by atoms with Gasteiger partial charge >= 0.3 is 12.1 Å². The molecule has 2 fully saturated rings. The van der Waals surface area contributed by atoms with Crippen molar-refractivity contribution in [1.82, 2.24) is 15.0 Å². The summed E-state index contributed by atoms with van der Waals surface area (Å²) in [7, 11) is 1.13. The minimum Gasteiger partial charge on any atom is -0.468 e. The van der Waals surface area contributed by atoms with Gasteiger partial charge in [0.1, 0.15) is 11.2 Å². The van der Waals surface area contributed by atoms with Gasteiger partial charge in [-0.1, -0.05) is 17.3 Å². The maximum atomic E-state index is 14.1. The van der Waals surface area contributed by atoms with Crippen LogP contribution in [0.2, 0.25) is 0 Å². The van der Waals surface area contributed by atoms with Crippen LogP contribution in [0.5, 0.6) is 0 Å². The van der Waals surface area contributed by atoms with Crippen LogP contribution < -0.4 is 0 Å². The second-order valence-electron chi connectivity index (χ2n) is 7.56. The number of alkyl halides is 3. The van der Waals surface area contributed by atoms with E-state index in [-0.39, 0.29) is 30.8 Å². The summed E-state index contributed by atoms with van der Waals surface area (Å²) in [5, 5.41) is 3.57. The van der Waals surface area contributed by atoms with Gasteiger partial charge in [-0.2, -0.15) is 18.2 Å². The quantitative estimate of drug-likeness (QED) is 0.424. The molecular weight excluding hydrogens is 410 g/mol. The molecule has 1 aliphatic heterocycles. The predicted octanol–water partition coefficient (Wildman–Crippen LogP) is 2.86. The zero-order chi connectivity index (χ0) is 21.7. The van der Waals surface area contributed by atoms with E-state index < -0.39 is 53.6 Å². The smallest absolute Gasteiger partial charge is 0.405 e. The summed E-state index contributed by atoms with van der Waals surface area (Å²) in [4.78, 5) is 29.6. The van der Waals surface area contributed by atoms with Crippen molar-refractivity contribution in [3.63, 3.8) is 0 Å². The number of likely N-dealkylation sites (tertiary alicyclic amines) is 1. The number of rotatable bonds is 4. The van der Waals surface area contributed by atoms with Gasteiger partial charge in [0.15, 0.2) is 5.41 Å². The molecule has 7 nitrogen and oxygen atoms in total. The fraction of sp³-hybridized carbons (Fsp3) is 0.474. The van der Waals surface area contributed by atoms with Crippen LogP contribution in [0.3, 0.4) is 0 Å². The molecule has 1 saturated carbocycles. The molecule has 1 saturated heterocycles. The number of carbonyl (C=O) groups is 2. The lowest BCUT2D eigenvalue weighted by molar-refractivity contribution is -0.194. The van der Waals surface area contributed by atoms with E-state index in [1.54, 1.807) is 0 Å². The van der Waals surface area contributed by atoms with Crippen molar-refractivity contribution in [2.24, 2.45) is 5.41 Å². The average molecular weight is 427 g/mol. The molecule has 2 aromatic rings. The molecule has 0 radical (unpaired) electrons. The Morgan fingerprint density at radius 3 is 2.57 bits per heavy atom. The normalized spacial score (nSPS) is 22.8. The van der Waals surface area contributed by atoms with Gasteiger partial charge < -0.3 is 14.2 Å². The average Bonchev–Trinajstić information content (AvgIpc) is 3.14. The zero-order valence-corrected chi connectivity index (χ0v) is 15.8. The van der Waals surface area contributed by atoms with Crippen LogP contribution in [0.25, 0.3) is 11.4 Å². The Hall–Kier alpha value is -2.98. The number of ether oxygens (including phenoxy) is 1. The molecule has 0 spiro atoms. The van der Waals surface area contributed by atoms with E-state index in [1.807, 2.05) is 0 Å². The van der Waals surface area contributed by atoms with Crippen LogP contribution in [-0.4, -0.2) is 53.3 Å². The summed E-state index contributed by atoms with van der Waals surface area (Å²) in [5.41, 5.74) is -3.82. The largest absolute Gasteiger partial charge is 0.468 e. The molecule has 1 aromatic heterocycles. The van der Waals surface area contributed by atoms with E-state index in [0.717, 1.165) is 18.1 Å². The van der Waals surface area contributed by atoms with E-state index in [0.29, 0.717) is 0 Å². The lowest BCUT2D eigenvalue weighted by Crippen LogP contribution is -2.47. The Morgan fingerprint density at radius 2 is 1.97 bits per heavy atom. The predicted molar refractivity (Wildman–Crippen MR) is 92.3 cm³/mol. The first kappa shape index (κ1) is 20.3. The molecule has 4 rings (SSSR count). The fourth-order valence-electron chi connectivity index (χ4n) is 3.80. The molecule has 2 heterocycles. The molecule has 30 heavy (non-hydrogen) atoms. The van der Waals surface area contributed by atoms with Gasteiger partial charge in [0.2, 0.25) is 17.6 Å². The number of nitrogens with zero attached hydrogens (tertiary/aromatic N) is 3. The molecule has 1 amide bonds. The van der Waals surface area contributed by atoms with Gasteiger partial charge in [0.05, 0.1) is 7.11 Å². The molecule has 1 aromatic carbocycles. The van der Waals surface area contributed by atoms with Crippen molar-refractivity contribution in [1.29, 1.82) is 0 Å². The Kier molecular flexibility index (Phi) is 4.59. The molecule has 11 heteroatoms. The number of methoxy groups -OCH3 is 1. The van der Waals surface area contributed by atoms with E-state index in [2.05, 4.69) is 14.9 Å². The number of amides is 1. The maximum absolute atomic E-state index is 14.1. The molecule has 0 N–H and O–H groups in total. The van der Waals surface area contributed by atoms with Crippen molar-refractivity contribution in [2.45, 2.75) is 30.9 Å². The second kappa shape index (κ2) is 6.78. The zero-order valence-electron chi connectivity index (χ0n) is 15.8. The van der Waals surface area contributed by atoms with Crippen LogP contribution >= 0.6 is 0 Å². The summed E-state index contributed by atoms with van der Waals surface area (Å²) >= 11 is 0. The lowest BCUT2D eigenvalue weighted by Gasteiger charge is -2.28. The topological polar surface area (TPSA) is 85.5 Å². The summed E-state index contributed by atoms with van der Waals surface area (Å²) in [6.45, 7) is -0.979. The van der Waals surface area contributed by atoms with E-state index >= 15 is 0 Å². The van der Waals surface area contributed by atoms with Gasteiger partial charge in [-0.15, -0.1) is 0 Å². The third-order valence-corrected chi connectivity index (χ3v) is 5.75. The number of benzene rings is 1. The maximum Gasteiger partial charge on any atom is 0.405 e. The van der Waals surface area contributed by atoms with E-state index in [9.17, 15) is 27.2 Å². The van der Waals surface area contributed by atoms with Crippen LogP contribution in [0, 0.1) is 11.2 Å². The minimum atomic E-state index is -4.80. The second-order valence-corrected chi connectivity index (χ2v) is 7.56. The SMILES string of the molecule is COC(=O)C1(C(=O)N2CCC(c3nc(-c4cccc(F)c4)no3)(C(F)(F)F)C2)CC1. The highest BCUT2D eigenvalue weighted by Crippen LogP contribution is 2.52. The van der Waals surface area contributed by atoms with Gasteiger partial charge in [-0.25, -0.2) is 4.39 Å². The lowest BCUT2D eigenvalue weighted by atomic mass is 9.86. The summed E-state index contributed by atoms with van der Waals surface area (Å²) < 4.78 is 65.4. The monoisotopic (exact) mass is 427 g/mol. The summed E-state index contributed by atoms with van der Waals surface area (Å²) in [6, 6.07) is 5.07. The van der Waals surface area contributed by atoms with E-state index in [4.69, 9.17) is 4.52 Å². The van der Waals surface area contributed by atoms with Crippen molar-refractivity contribution < 1.29 is 36.4 Å². The van der Waals surface area contributed by atoms with Crippen molar-refractivity contribution in [2.75, 3.05) is 20.2 Å². The molecule has 1 aliphatic carbocycles. The van der Waals surface area contributed by atoms with Crippen LogP contribution in [0.1, 0.15) is 25.2 Å². The molecule has 0 bridgehead atoms. The Morgan fingerprint density at radius 1 is 1.23 bits per heavy atom. The molecule has 1 unspecified atom stereocenters. The first-order valence-corrected chi connectivity index (χ1v) is 9.18. The molecule has 1 atom stereocenters. The third-order valence-electron chi connectivity index (χ3n) is 5.75. The van der Waals surface area contributed by atoms with Crippen LogP contribution in [-0.2, 0) is 19.7 Å². The van der Waals surface area contributed by atoms with Gasteiger partial charge in [0, 0.05) is 18.7 Å². The van der Waals surface area contributed by atoms with E-state index in [1.165, 1.54) is 18.2 Å². The first-order chi connectivity index (χ1) is 14.1.